The number of aromatic nitrogens is 2. The van der Waals surface area contributed by atoms with Crippen LogP contribution >= 0.6 is 0 Å². The molecular weight excluding hydrogens is 572 g/mol. The van der Waals surface area contributed by atoms with Crippen LogP contribution in [-0.4, -0.2) is 33.8 Å². The fourth-order valence-corrected chi connectivity index (χ4v) is 5.63. The molecule has 228 valence electrons. The van der Waals surface area contributed by atoms with Crippen molar-refractivity contribution < 1.29 is 14.3 Å². The van der Waals surface area contributed by atoms with Crippen LogP contribution in [0.4, 0.5) is 0 Å². The second-order valence-corrected chi connectivity index (χ2v) is 10.9. The zero-order valence-electron chi connectivity index (χ0n) is 26.0. The summed E-state index contributed by atoms with van der Waals surface area (Å²) < 4.78 is 9.48. The molecule has 0 bridgehead atoms. The van der Waals surface area contributed by atoms with Crippen LogP contribution in [0, 0.1) is 13.8 Å². The summed E-state index contributed by atoms with van der Waals surface area (Å²) in [5.41, 5.74) is 12.4. The third-order valence-electron chi connectivity index (χ3n) is 7.81. The fourth-order valence-electron chi connectivity index (χ4n) is 5.63. The monoisotopic (exact) mass is 606 g/mol. The molecule has 2 aromatic heterocycles. The van der Waals surface area contributed by atoms with Gasteiger partial charge in [-0.15, -0.1) is 0 Å². The van der Waals surface area contributed by atoms with Crippen molar-refractivity contribution in [1.82, 2.24) is 14.6 Å². The van der Waals surface area contributed by atoms with Gasteiger partial charge >= 0.3 is 5.97 Å². The highest BCUT2D eigenvalue weighted by Gasteiger charge is 2.19. The largest absolute Gasteiger partial charge is 0.462 e. The van der Waals surface area contributed by atoms with E-state index >= 15 is 0 Å². The van der Waals surface area contributed by atoms with E-state index in [1.807, 2.05) is 72.8 Å². The molecule has 2 heterocycles. The minimum atomic E-state index is -0.360. The molecule has 7 heteroatoms. The Morgan fingerprint density at radius 1 is 0.696 bits per heavy atom. The van der Waals surface area contributed by atoms with E-state index in [9.17, 15) is 9.59 Å². The zero-order chi connectivity index (χ0) is 32.0. The molecule has 0 unspecified atom stereocenters. The fraction of sp³-hybridized carbons (Fsp3) is 0.103. The molecule has 6 aromatic rings. The van der Waals surface area contributed by atoms with Gasteiger partial charge in [0.1, 0.15) is 0 Å². The molecule has 4 aromatic carbocycles. The highest BCUT2D eigenvalue weighted by atomic mass is 16.5. The van der Waals surface area contributed by atoms with Crippen molar-refractivity contribution in [2.24, 2.45) is 5.10 Å². The topological polar surface area (TPSA) is 77.6 Å². The van der Waals surface area contributed by atoms with E-state index < -0.39 is 0 Å². The van der Waals surface area contributed by atoms with Crippen LogP contribution in [0.5, 0.6) is 0 Å². The van der Waals surface area contributed by atoms with Gasteiger partial charge in [-0.05, 0) is 98.6 Å². The molecule has 1 N–H and O–H groups in total. The Morgan fingerprint density at radius 2 is 1.24 bits per heavy atom. The van der Waals surface area contributed by atoms with Crippen molar-refractivity contribution in [2.75, 3.05) is 6.61 Å². The Labute approximate surface area is 268 Å². The SMILES string of the molecule is CCOC(=O)c1ccc(-n2c(-c3ccccc3)cc(/C=N\NC(=O)c3ccc(-n4c(C)ccc4C)cc3)c2-c2ccccc2)cc1. The number of hydrogen-bond donors (Lipinski definition) is 1. The molecule has 0 fully saturated rings. The molecule has 0 aliphatic carbocycles. The Kier molecular flexibility index (Phi) is 8.74. The molecule has 0 saturated carbocycles. The van der Waals surface area contributed by atoms with Crippen molar-refractivity contribution in [3.05, 3.63) is 155 Å². The normalized spacial score (nSPS) is 11.1. The van der Waals surface area contributed by atoms with Gasteiger partial charge in [-0.2, -0.15) is 5.10 Å². The lowest BCUT2D eigenvalue weighted by molar-refractivity contribution is 0.0526. The van der Waals surface area contributed by atoms with Crippen LogP contribution < -0.4 is 5.43 Å². The number of benzene rings is 4. The highest BCUT2D eigenvalue weighted by Crippen LogP contribution is 2.35. The molecule has 0 radical (unpaired) electrons. The molecule has 0 spiro atoms. The first-order valence-corrected chi connectivity index (χ1v) is 15.2. The van der Waals surface area contributed by atoms with Gasteiger partial charge in [0.2, 0.25) is 0 Å². The average molecular weight is 607 g/mol. The highest BCUT2D eigenvalue weighted by molar-refractivity contribution is 5.97. The van der Waals surface area contributed by atoms with Crippen LogP contribution in [0.2, 0.25) is 0 Å². The lowest BCUT2D eigenvalue weighted by atomic mass is 10.1. The summed E-state index contributed by atoms with van der Waals surface area (Å²) in [6.45, 7) is 6.21. The first-order chi connectivity index (χ1) is 22.4. The summed E-state index contributed by atoms with van der Waals surface area (Å²) >= 11 is 0. The third kappa shape index (κ3) is 6.16. The van der Waals surface area contributed by atoms with Gasteiger partial charge in [0.05, 0.1) is 29.8 Å². The molecular formula is C39H34N4O3. The molecule has 6 rings (SSSR count). The van der Waals surface area contributed by atoms with Gasteiger partial charge < -0.3 is 13.9 Å². The van der Waals surface area contributed by atoms with Gasteiger partial charge in [-0.25, -0.2) is 10.2 Å². The molecule has 7 nitrogen and oxygen atoms in total. The number of rotatable bonds is 9. The minimum Gasteiger partial charge on any atom is -0.462 e. The van der Waals surface area contributed by atoms with E-state index in [4.69, 9.17) is 4.74 Å². The standard InChI is InChI=1S/C39H34N4O3/c1-4-46-39(45)32-19-23-35(24-20-32)43-36(29-11-7-5-8-12-29)25-33(37(43)30-13-9-6-10-14-30)26-40-41-38(44)31-17-21-34(22-18-31)42-27(2)15-16-28(42)3/h5-26H,4H2,1-3H3,(H,41,44)/b40-26-. The second-order valence-electron chi connectivity index (χ2n) is 10.9. The average Bonchev–Trinajstić information content (AvgIpc) is 3.64. The number of nitrogens with zero attached hydrogens (tertiary/aromatic N) is 3. The Morgan fingerprint density at radius 3 is 1.83 bits per heavy atom. The van der Waals surface area contributed by atoms with Crippen LogP contribution in [-0.2, 0) is 4.74 Å². The summed E-state index contributed by atoms with van der Waals surface area (Å²) in [7, 11) is 0. The van der Waals surface area contributed by atoms with E-state index in [-0.39, 0.29) is 11.9 Å². The number of nitrogens with one attached hydrogen (secondary N) is 1. The van der Waals surface area contributed by atoms with Gasteiger partial charge in [0, 0.05) is 33.9 Å². The van der Waals surface area contributed by atoms with Crippen molar-refractivity contribution in [3.8, 4) is 33.9 Å². The molecule has 0 saturated heterocycles. The maximum absolute atomic E-state index is 13.1. The molecule has 46 heavy (non-hydrogen) atoms. The molecule has 0 aliphatic rings. The van der Waals surface area contributed by atoms with E-state index in [0.717, 1.165) is 50.8 Å². The first-order valence-electron chi connectivity index (χ1n) is 15.2. The minimum absolute atomic E-state index is 0.303. The predicted molar refractivity (Wildman–Crippen MR) is 183 cm³/mol. The second kappa shape index (κ2) is 13.4. The van der Waals surface area contributed by atoms with Crippen LogP contribution in [0.1, 0.15) is 44.6 Å². The van der Waals surface area contributed by atoms with E-state index in [2.05, 4.69) is 63.8 Å². The van der Waals surface area contributed by atoms with Gasteiger partial charge in [-0.3, -0.25) is 4.79 Å². The maximum Gasteiger partial charge on any atom is 0.338 e. The lowest BCUT2D eigenvalue weighted by Gasteiger charge is -2.15. The maximum atomic E-state index is 13.1. The van der Waals surface area contributed by atoms with Crippen LogP contribution in [0.25, 0.3) is 33.9 Å². The summed E-state index contributed by atoms with van der Waals surface area (Å²) in [5, 5.41) is 4.40. The zero-order valence-corrected chi connectivity index (χ0v) is 26.0. The Bertz CT molecular complexity index is 1980. The summed E-state index contributed by atoms with van der Waals surface area (Å²) in [4.78, 5) is 25.5. The quantitative estimate of drug-likeness (QED) is 0.102. The predicted octanol–water partition coefficient (Wildman–Crippen LogP) is 8.16. The van der Waals surface area contributed by atoms with Crippen LogP contribution in [0.15, 0.2) is 132 Å². The van der Waals surface area contributed by atoms with Gasteiger partial charge in [-0.1, -0.05) is 60.7 Å². The summed E-state index contributed by atoms with van der Waals surface area (Å²) in [6, 6.07) is 41.2. The van der Waals surface area contributed by atoms with Gasteiger partial charge in [0.15, 0.2) is 0 Å². The van der Waals surface area contributed by atoms with Crippen molar-refractivity contribution in [2.45, 2.75) is 20.8 Å². The van der Waals surface area contributed by atoms with Crippen molar-refractivity contribution >= 4 is 18.1 Å². The number of aryl methyl sites for hydroxylation is 2. The number of hydrazone groups is 1. The summed E-state index contributed by atoms with van der Waals surface area (Å²) in [6.07, 6.45) is 1.68. The van der Waals surface area contributed by atoms with Crippen molar-refractivity contribution in [3.63, 3.8) is 0 Å². The van der Waals surface area contributed by atoms with Crippen molar-refractivity contribution in [1.29, 1.82) is 0 Å². The number of amides is 1. The Hall–Kier alpha value is -5.95. The molecule has 1 amide bonds. The van der Waals surface area contributed by atoms with E-state index in [1.165, 1.54) is 0 Å². The Balaban J connectivity index is 1.36. The molecule has 0 aliphatic heterocycles. The first kappa shape index (κ1) is 30.1. The number of carbonyl (C=O) groups excluding carboxylic acids is 2. The van der Waals surface area contributed by atoms with E-state index in [1.54, 1.807) is 37.4 Å². The van der Waals surface area contributed by atoms with E-state index in [0.29, 0.717) is 17.7 Å². The summed E-state index contributed by atoms with van der Waals surface area (Å²) in [5.74, 6) is -0.663. The smallest absolute Gasteiger partial charge is 0.338 e. The van der Waals surface area contributed by atoms with Gasteiger partial charge in [0.25, 0.3) is 5.91 Å². The number of hydrogen-bond acceptors (Lipinski definition) is 4. The lowest BCUT2D eigenvalue weighted by Crippen LogP contribution is -2.17. The molecule has 0 atom stereocenters. The number of ether oxygens (including phenoxy) is 1. The number of carbonyl (C=O) groups is 2. The number of esters is 1. The van der Waals surface area contributed by atoms with Crippen LogP contribution in [0.3, 0.4) is 0 Å². The third-order valence-corrected chi connectivity index (χ3v) is 7.81.